The molecule has 0 amide bonds. The number of carboxylic acids is 1. The monoisotopic (exact) mass is 312 g/mol. The molecule has 2 atom stereocenters. The Balaban J connectivity index is 2.09. The lowest BCUT2D eigenvalue weighted by atomic mass is 9.94. The van der Waals surface area contributed by atoms with Crippen LogP contribution < -0.4 is 0 Å². The second-order valence-electron chi connectivity index (χ2n) is 6.74. The van der Waals surface area contributed by atoms with Gasteiger partial charge in [-0.2, -0.15) is 0 Å². The van der Waals surface area contributed by atoms with E-state index in [1.807, 2.05) is 13.8 Å². The molecule has 2 heterocycles. The van der Waals surface area contributed by atoms with Crippen molar-refractivity contribution in [2.24, 2.45) is 0 Å². The van der Waals surface area contributed by atoms with Crippen LogP contribution in [0.2, 0.25) is 0 Å². The van der Waals surface area contributed by atoms with Crippen LogP contribution in [0, 0.1) is 6.92 Å². The van der Waals surface area contributed by atoms with Crippen LogP contribution in [0.1, 0.15) is 43.3 Å². The van der Waals surface area contributed by atoms with Crippen LogP contribution in [-0.4, -0.2) is 46.3 Å². The van der Waals surface area contributed by atoms with Crippen molar-refractivity contribution in [3.05, 3.63) is 15.6 Å². The van der Waals surface area contributed by atoms with Gasteiger partial charge in [0, 0.05) is 18.0 Å². The van der Waals surface area contributed by atoms with E-state index in [9.17, 15) is 4.79 Å². The highest BCUT2D eigenvalue weighted by atomic mass is 32.1. The van der Waals surface area contributed by atoms with E-state index < -0.39 is 12.1 Å². The van der Waals surface area contributed by atoms with Gasteiger partial charge >= 0.3 is 5.97 Å². The zero-order valence-corrected chi connectivity index (χ0v) is 14.2. The lowest BCUT2D eigenvalue weighted by Gasteiger charge is -2.34. The highest BCUT2D eigenvalue weighted by molar-refractivity contribution is 7.11. The van der Waals surface area contributed by atoms with Crippen molar-refractivity contribution < 1.29 is 14.6 Å². The van der Waals surface area contributed by atoms with E-state index in [4.69, 9.17) is 9.84 Å². The summed E-state index contributed by atoms with van der Waals surface area (Å²) in [5.41, 5.74) is 1.18. The van der Waals surface area contributed by atoms with Gasteiger partial charge in [-0.15, -0.1) is 11.3 Å². The van der Waals surface area contributed by atoms with Gasteiger partial charge < -0.3 is 9.84 Å². The Labute approximate surface area is 129 Å². The van der Waals surface area contributed by atoms with Crippen LogP contribution in [0.25, 0.3) is 0 Å². The second kappa shape index (κ2) is 6.02. The minimum absolute atomic E-state index is 0.0667. The molecule has 1 fully saturated rings. The molecule has 0 aromatic carbocycles. The zero-order chi connectivity index (χ0) is 15.8. The fraction of sp³-hybridized carbons (Fsp3) is 0.733. The topological polar surface area (TPSA) is 62.7 Å². The standard InChI is InChI=1S/C15H24N2O3S/c1-9-6-17(7-11(20-9)14(18)19)8-12-16-10(2)13(21-12)15(3,4)5/h9,11H,6-8H2,1-5H3,(H,18,19)/t9-,11-/m1/s1. The first-order valence-corrected chi connectivity index (χ1v) is 8.06. The molecule has 0 spiro atoms. The molecule has 6 heteroatoms. The molecule has 0 unspecified atom stereocenters. The van der Waals surface area contributed by atoms with Gasteiger partial charge in [-0.1, -0.05) is 20.8 Å². The summed E-state index contributed by atoms with van der Waals surface area (Å²) < 4.78 is 5.44. The number of hydrogen-bond donors (Lipinski definition) is 1. The number of aliphatic carboxylic acids is 1. The molecular formula is C15H24N2O3S. The Bertz CT molecular complexity index is 521. The van der Waals surface area contributed by atoms with Gasteiger partial charge in [0.1, 0.15) is 5.01 Å². The summed E-state index contributed by atoms with van der Waals surface area (Å²) in [4.78, 5) is 19.2. The number of rotatable bonds is 3. The van der Waals surface area contributed by atoms with Crippen molar-refractivity contribution in [3.63, 3.8) is 0 Å². The van der Waals surface area contributed by atoms with Crippen molar-refractivity contribution >= 4 is 17.3 Å². The molecule has 0 aliphatic carbocycles. The Morgan fingerprint density at radius 3 is 2.67 bits per heavy atom. The molecule has 0 saturated carbocycles. The number of nitrogens with zero attached hydrogens (tertiary/aromatic N) is 2. The predicted molar refractivity (Wildman–Crippen MR) is 82.8 cm³/mol. The Hall–Kier alpha value is -0.980. The van der Waals surface area contributed by atoms with Crippen molar-refractivity contribution in [1.82, 2.24) is 9.88 Å². The quantitative estimate of drug-likeness (QED) is 0.928. The van der Waals surface area contributed by atoms with Crippen molar-refractivity contribution in [2.75, 3.05) is 13.1 Å². The minimum Gasteiger partial charge on any atom is -0.479 e. The third-order valence-electron chi connectivity index (χ3n) is 3.49. The lowest BCUT2D eigenvalue weighted by molar-refractivity contribution is -0.163. The van der Waals surface area contributed by atoms with Gasteiger partial charge in [0.15, 0.2) is 6.10 Å². The maximum Gasteiger partial charge on any atom is 0.334 e. The molecule has 1 aromatic heterocycles. The normalized spacial score (nSPS) is 24.2. The van der Waals surface area contributed by atoms with Crippen molar-refractivity contribution in [3.8, 4) is 0 Å². The first kappa shape index (κ1) is 16.4. The summed E-state index contributed by atoms with van der Waals surface area (Å²) in [6.45, 7) is 12.4. The predicted octanol–water partition coefficient (Wildman–Crippen LogP) is 2.42. The molecule has 21 heavy (non-hydrogen) atoms. The number of thiazole rings is 1. The van der Waals surface area contributed by atoms with E-state index in [2.05, 4.69) is 30.7 Å². The summed E-state index contributed by atoms with van der Waals surface area (Å²) in [6, 6.07) is 0. The molecule has 2 rings (SSSR count). The van der Waals surface area contributed by atoms with Gasteiger partial charge in [0.2, 0.25) is 0 Å². The number of ether oxygens (including phenoxy) is 1. The minimum atomic E-state index is -0.891. The maximum absolute atomic E-state index is 11.1. The van der Waals surface area contributed by atoms with E-state index in [1.54, 1.807) is 11.3 Å². The Morgan fingerprint density at radius 1 is 1.48 bits per heavy atom. The first-order valence-electron chi connectivity index (χ1n) is 7.24. The van der Waals surface area contributed by atoms with E-state index in [0.29, 0.717) is 13.1 Å². The third-order valence-corrected chi connectivity index (χ3v) is 5.06. The van der Waals surface area contributed by atoms with Crippen LogP contribution in [0.15, 0.2) is 0 Å². The summed E-state index contributed by atoms with van der Waals surface area (Å²) >= 11 is 1.73. The highest BCUT2D eigenvalue weighted by Crippen LogP contribution is 2.31. The van der Waals surface area contributed by atoms with Crippen LogP contribution in [0.3, 0.4) is 0 Å². The van der Waals surface area contributed by atoms with E-state index in [0.717, 1.165) is 17.2 Å². The number of aryl methyl sites for hydroxylation is 1. The largest absolute Gasteiger partial charge is 0.479 e. The van der Waals surface area contributed by atoms with Crippen LogP contribution in [0.4, 0.5) is 0 Å². The fourth-order valence-corrected chi connectivity index (χ4v) is 3.88. The molecule has 1 aliphatic rings. The van der Waals surface area contributed by atoms with E-state index >= 15 is 0 Å². The zero-order valence-electron chi connectivity index (χ0n) is 13.3. The summed E-state index contributed by atoms with van der Waals surface area (Å²) in [5, 5.41) is 10.2. The Kier molecular flexibility index (Phi) is 4.70. The van der Waals surface area contributed by atoms with Crippen molar-refractivity contribution in [1.29, 1.82) is 0 Å². The number of carboxylic acid groups (broad SMARTS) is 1. The number of morpholine rings is 1. The van der Waals surface area contributed by atoms with Gasteiger partial charge in [0.05, 0.1) is 18.3 Å². The molecule has 1 saturated heterocycles. The van der Waals surface area contributed by atoms with Crippen LogP contribution >= 0.6 is 11.3 Å². The van der Waals surface area contributed by atoms with Gasteiger partial charge in [-0.3, -0.25) is 4.90 Å². The third kappa shape index (κ3) is 4.02. The molecule has 1 aliphatic heterocycles. The van der Waals surface area contributed by atoms with Gasteiger partial charge in [-0.25, -0.2) is 9.78 Å². The van der Waals surface area contributed by atoms with Crippen molar-refractivity contribution in [2.45, 2.75) is 58.8 Å². The summed E-state index contributed by atoms with van der Waals surface area (Å²) in [7, 11) is 0. The molecule has 5 nitrogen and oxygen atoms in total. The second-order valence-corrected chi connectivity index (χ2v) is 7.82. The molecule has 0 bridgehead atoms. The van der Waals surface area contributed by atoms with E-state index in [-0.39, 0.29) is 11.5 Å². The summed E-state index contributed by atoms with van der Waals surface area (Å²) in [5.74, 6) is -0.891. The van der Waals surface area contributed by atoms with Gasteiger partial charge in [0.25, 0.3) is 0 Å². The average molecular weight is 312 g/mol. The van der Waals surface area contributed by atoms with Crippen LogP contribution in [0.5, 0.6) is 0 Å². The number of aromatic nitrogens is 1. The summed E-state index contributed by atoms with van der Waals surface area (Å²) in [6.07, 6.45) is -0.806. The molecule has 0 radical (unpaired) electrons. The molecule has 1 N–H and O–H groups in total. The SMILES string of the molecule is Cc1nc(CN2C[C@@H](C)O[C@@H](C(=O)O)C2)sc1C(C)(C)C. The number of carbonyl (C=O) groups is 1. The Morgan fingerprint density at radius 2 is 2.14 bits per heavy atom. The lowest BCUT2D eigenvalue weighted by Crippen LogP contribution is -2.49. The van der Waals surface area contributed by atoms with Crippen LogP contribution in [-0.2, 0) is 21.5 Å². The maximum atomic E-state index is 11.1. The average Bonchev–Trinajstić information content (AvgIpc) is 2.69. The molecular weight excluding hydrogens is 288 g/mol. The molecule has 1 aromatic rings. The first-order chi connectivity index (χ1) is 9.66. The highest BCUT2D eigenvalue weighted by Gasteiger charge is 2.31. The molecule has 118 valence electrons. The fourth-order valence-electron chi connectivity index (χ4n) is 2.71. The van der Waals surface area contributed by atoms with E-state index in [1.165, 1.54) is 4.88 Å². The van der Waals surface area contributed by atoms with Gasteiger partial charge in [-0.05, 0) is 19.3 Å². The smallest absolute Gasteiger partial charge is 0.334 e. The number of hydrogen-bond acceptors (Lipinski definition) is 5.